The first-order valence-corrected chi connectivity index (χ1v) is 10.2. The Labute approximate surface area is 178 Å². The van der Waals surface area contributed by atoms with E-state index in [-0.39, 0.29) is 5.91 Å². The Morgan fingerprint density at radius 2 is 1.87 bits per heavy atom. The van der Waals surface area contributed by atoms with Crippen LogP contribution in [-0.2, 0) is 0 Å². The molecule has 0 aliphatic heterocycles. The van der Waals surface area contributed by atoms with Crippen molar-refractivity contribution >= 4 is 38.8 Å². The van der Waals surface area contributed by atoms with Gasteiger partial charge in [-0.15, -0.1) is 11.3 Å². The number of aromatic nitrogens is 1. The van der Waals surface area contributed by atoms with Gasteiger partial charge in [0, 0.05) is 22.3 Å². The summed E-state index contributed by atoms with van der Waals surface area (Å²) >= 11 is 1.23. The molecular formula is C23H21N3O3S. The number of thiophene rings is 1. The molecule has 0 saturated heterocycles. The molecule has 0 spiro atoms. The molecule has 7 heteroatoms. The van der Waals surface area contributed by atoms with Crippen LogP contribution in [0, 0.1) is 6.92 Å². The summed E-state index contributed by atoms with van der Waals surface area (Å²) in [6, 6.07) is 18.3. The fourth-order valence-corrected chi connectivity index (χ4v) is 4.28. The van der Waals surface area contributed by atoms with Gasteiger partial charge in [-0.25, -0.2) is 4.98 Å². The number of methoxy groups -OCH3 is 1. The minimum Gasteiger partial charge on any atom is -0.497 e. The summed E-state index contributed by atoms with van der Waals surface area (Å²) in [5, 5.41) is 14.3. The van der Waals surface area contributed by atoms with Crippen molar-refractivity contribution in [2.75, 3.05) is 18.2 Å². The zero-order valence-corrected chi connectivity index (χ0v) is 17.4. The molecule has 1 atom stereocenters. The summed E-state index contributed by atoms with van der Waals surface area (Å²) in [5.74, 6) is 0.405. The zero-order valence-electron chi connectivity index (χ0n) is 16.5. The van der Waals surface area contributed by atoms with Crippen molar-refractivity contribution in [1.82, 2.24) is 4.98 Å². The fourth-order valence-electron chi connectivity index (χ4n) is 3.27. The molecule has 4 rings (SSSR count). The summed E-state index contributed by atoms with van der Waals surface area (Å²) in [4.78, 5) is 18.4. The minimum atomic E-state index is -0.820. The third-order valence-corrected chi connectivity index (χ3v) is 6.03. The SMILES string of the molecule is COc1ccc(NC(=O)c2sc3nc(C)c(C(O)c4ccccc4)cc3c2N)cc1. The van der Waals surface area contributed by atoms with Gasteiger partial charge in [-0.3, -0.25) is 4.79 Å². The van der Waals surface area contributed by atoms with Crippen molar-refractivity contribution in [3.63, 3.8) is 0 Å². The Morgan fingerprint density at radius 3 is 2.53 bits per heavy atom. The molecule has 0 aliphatic rings. The topological polar surface area (TPSA) is 97.5 Å². The van der Waals surface area contributed by atoms with Crippen molar-refractivity contribution < 1.29 is 14.6 Å². The number of aliphatic hydroxyl groups is 1. The summed E-state index contributed by atoms with van der Waals surface area (Å²) in [7, 11) is 1.59. The Bertz CT molecular complexity index is 1200. The van der Waals surface area contributed by atoms with Gasteiger partial charge in [0.05, 0.1) is 12.8 Å². The van der Waals surface area contributed by atoms with E-state index in [2.05, 4.69) is 10.3 Å². The lowest BCUT2D eigenvalue weighted by Gasteiger charge is -2.14. The highest BCUT2D eigenvalue weighted by molar-refractivity contribution is 7.21. The highest BCUT2D eigenvalue weighted by Crippen LogP contribution is 2.36. The number of carbonyl (C=O) groups is 1. The summed E-state index contributed by atoms with van der Waals surface area (Å²) in [6.07, 6.45) is -0.820. The smallest absolute Gasteiger partial charge is 0.267 e. The van der Waals surface area contributed by atoms with E-state index in [4.69, 9.17) is 10.5 Å². The number of fused-ring (bicyclic) bond motifs is 1. The van der Waals surface area contributed by atoms with Gasteiger partial charge >= 0.3 is 0 Å². The van der Waals surface area contributed by atoms with Crippen LogP contribution in [0.5, 0.6) is 5.75 Å². The van der Waals surface area contributed by atoms with Crippen LogP contribution in [-0.4, -0.2) is 23.1 Å². The second-order valence-corrected chi connectivity index (χ2v) is 7.86. The van der Waals surface area contributed by atoms with E-state index in [0.29, 0.717) is 43.5 Å². The number of ether oxygens (including phenoxy) is 1. The van der Waals surface area contributed by atoms with Crippen molar-refractivity contribution in [3.8, 4) is 5.75 Å². The van der Waals surface area contributed by atoms with Crippen molar-refractivity contribution in [3.05, 3.63) is 82.4 Å². The van der Waals surface area contributed by atoms with Crippen LogP contribution in [0.1, 0.15) is 32.6 Å². The van der Waals surface area contributed by atoms with E-state index in [0.717, 1.165) is 5.56 Å². The zero-order chi connectivity index (χ0) is 21.3. The Hall–Kier alpha value is -3.42. The number of benzene rings is 2. The predicted octanol–water partition coefficient (Wildman–Crippen LogP) is 4.53. The molecule has 0 bridgehead atoms. The van der Waals surface area contributed by atoms with Gasteiger partial charge in [-0.1, -0.05) is 30.3 Å². The van der Waals surface area contributed by atoms with Gasteiger partial charge in [0.25, 0.3) is 5.91 Å². The Balaban J connectivity index is 1.67. The maximum atomic E-state index is 12.8. The molecule has 2 heterocycles. The van der Waals surface area contributed by atoms with Crippen molar-refractivity contribution in [1.29, 1.82) is 0 Å². The Morgan fingerprint density at radius 1 is 1.17 bits per heavy atom. The monoisotopic (exact) mass is 419 g/mol. The molecule has 1 unspecified atom stereocenters. The van der Waals surface area contributed by atoms with Crippen molar-refractivity contribution in [2.45, 2.75) is 13.0 Å². The van der Waals surface area contributed by atoms with E-state index in [1.54, 1.807) is 31.4 Å². The molecule has 4 N–H and O–H groups in total. The maximum absolute atomic E-state index is 12.8. The van der Waals surface area contributed by atoms with E-state index >= 15 is 0 Å². The molecule has 30 heavy (non-hydrogen) atoms. The molecule has 0 radical (unpaired) electrons. The van der Waals surface area contributed by atoms with E-state index in [1.165, 1.54) is 11.3 Å². The first-order valence-electron chi connectivity index (χ1n) is 9.36. The second kappa shape index (κ2) is 8.14. The number of carbonyl (C=O) groups excluding carboxylic acids is 1. The number of nitrogens with one attached hydrogen (secondary N) is 1. The lowest BCUT2D eigenvalue weighted by atomic mass is 9.99. The number of hydrogen-bond donors (Lipinski definition) is 3. The molecule has 0 saturated carbocycles. The Kier molecular flexibility index (Phi) is 5.39. The lowest BCUT2D eigenvalue weighted by molar-refractivity contribution is 0.103. The number of aliphatic hydroxyl groups excluding tert-OH is 1. The third kappa shape index (κ3) is 3.72. The van der Waals surface area contributed by atoms with E-state index in [1.807, 2.05) is 43.3 Å². The minimum absolute atomic E-state index is 0.302. The first kappa shape index (κ1) is 19.9. The van der Waals surface area contributed by atoms with Crippen molar-refractivity contribution in [2.24, 2.45) is 0 Å². The molecule has 152 valence electrons. The highest BCUT2D eigenvalue weighted by Gasteiger charge is 2.21. The molecule has 4 aromatic rings. The van der Waals surface area contributed by atoms with Gasteiger partial charge in [-0.05, 0) is 42.8 Å². The number of nitrogens with two attached hydrogens (primary N) is 1. The number of anilines is 2. The number of hydrogen-bond acceptors (Lipinski definition) is 6. The highest BCUT2D eigenvalue weighted by atomic mass is 32.1. The maximum Gasteiger partial charge on any atom is 0.267 e. The second-order valence-electron chi connectivity index (χ2n) is 6.86. The molecule has 2 aromatic carbocycles. The van der Waals surface area contributed by atoms with Gasteiger partial charge in [-0.2, -0.15) is 0 Å². The summed E-state index contributed by atoms with van der Waals surface area (Å²) in [5.41, 5.74) is 9.44. The fraction of sp³-hybridized carbons (Fsp3) is 0.130. The standard InChI is InChI=1S/C23H21N3O3S/c1-13-17(20(27)14-6-4-3-5-7-14)12-18-19(24)21(30-23(18)25-13)22(28)26-15-8-10-16(29-2)11-9-15/h3-12,20,27H,24H2,1-2H3,(H,26,28). The molecule has 1 amide bonds. The number of amides is 1. The average Bonchev–Trinajstić information content (AvgIpc) is 3.09. The summed E-state index contributed by atoms with van der Waals surface area (Å²) < 4.78 is 5.13. The molecule has 0 aliphatic carbocycles. The van der Waals surface area contributed by atoms with E-state index < -0.39 is 6.10 Å². The molecule has 2 aromatic heterocycles. The first-order chi connectivity index (χ1) is 14.5. The summed E-state index contributed by atoms with van der Waals surface area (Å²) in [6.45, 7) is 1.84. The van der Waals surface area contributed by atoms with Crippen LogP contribution in [0.4, 0.5) is 11.4 Å². The molecule has 0 fully saturated rings. The van der Waals surface area contributed by atoms with Crippen LogP contribution in [0.25, 0.3) is 10.2 Å². The van der Waals surface area contributed by atoms with Crippen LogP contribution < -0.4 is 15.8 Å². The number of nitrogen functional groups attached to an aromatic ring is 1. The number of aryl methyl sites for hydroxylation is 1. The van der Waals surface area contributed by atoms with Crippen LogP contribution in [0.15, 0.2) is 60.7 Å². The third-order valence-electron chi connectivity index (χ3n) is 4.91. The average molecular weight is 420 g/mol. The van der Waals surface area contributed by atoms with Gasteiger partial charge in [0.1, 0.15) is 21.6 Å². The van der Waals surface area contributed by atoms with Crippen LogP contribution >= 0.6 is 11.3 Å². The van der Waals surface area contributed by atoms with Gasteiger partial charge < -0.3 is 20.9 Å². The number of pyridine rings is 1. The molecule has 6 nitrogen and oxygen atoms in total. The molecular weight excluding hydrogens is 398 g/mol. The van der Waals surface area contributed by atoms with Crippen LogP contribution in [0.2, 0.25) is 0 Å². The number of rotatable bonds is 5. The largest absolute Gasteiger partial charge is 0.497 e. The van der Waals surface area contributed by atoms with Crippen LogP contribution in [0.3, 0.4) is 0 Å². The predicted molar refractivity (Wildman–Crippen MR) is 120 cm³/mol. The lowest BCUT2D eigenvalue weighted by Crippen LogP contribution is -2.11. The van der Waals surface area contributed by atoms with E-state index in [9.17, 15) is 9.90 Å². The number of nitrogens with zero attached hydrogens (tertiary/aromatic N) is 1. The quantitative estimate of drug-likeness (QED) is 0.442. The van der Waals surface area contributed by atoms with Gasteiger partial charge in [0.15, 0.2) is 0 Å². The normalized spacial score (nSPS) is 12.0. The van der Waals surface area contributed by atoms with Gasteiger partial charge in [0.2, 0.25) is 0 Å².